The average Bonchev–Trinajstić information content (AvgIpc) is 3.61. The van der Waals surface area contributed by atoms with E-state index in [4.69, 9.17) is 9.52 Å². The number of benzene rings is 2. The maximum atomic E-state index is 5.68. The Morgan fingerprint density at radius 1 is 0.944 bits per heavy atom. The van der Waals surface area contributed by atoms with Crippen LogP contribution in [0.2, 0.25) is 0 Å². The van der Waals surface area contributed by atoms with E-state index in [2.05, 4.69) is 83.3 Å². The van der Waals surface area contributed by atoms with Gasteiger partial charge in [0.1, 0.15) is 11.6 Å². The molecule has 2 aromatic heterocycles. The Morgan fingerprint density at radius 3 is 2.39 bits per heavy atom. The molecule has 36 heavy (non-hydrogen) atoms. The molecule has 5 rings (SSSR count). The Kier molecular flexibility index (Phi) is 7.27. The Morgan fingerprint density at radius 2 is 1.72 bits per heavy atom. The van der Waals surface area contributed by atoms with Crippen molar-refractivity contribution in [1.82, 2.24) is 4.98 Å². The first-order valence-electron chi connectivity index (χ1n) is 12.7. The van der Waals surface area contributed by atoms with Crippen LogP contribution in [-0.2, 0) is 6.42 Å². The summed E-state index contributed by atoms with van der Waals surface area (Å²) in [5.74, 6) is 1.68. The maximum Gasteiger partial charge on any atom is 0.149 e. The van der Waals surface area contributed by atoms with Crippen molar-refractivity contribution in [2.24, 2.45) is 5.10 Å². The van der Waals surface area contributed by atoms with Crippen molar-refractivity contribution in [2.75, 3.05) is 23.0 Å². The molecule has 0 saturated carbocycles. The molecule has 0 radical (unpaired) electrons. The minimum atomic E-state index is 0.0661. The van der Waals surface area contributed by atoms with E-state index in [-0.39, 0.29) is 6.04 Å². The second-order valence-electron chi connectivity index (χ2n) is 8.91. The predicted octanol–water partition coefficient (Wildman–Crippen LogP) is 7.15. The number of anilines is 2. The molecule has 0 saturated heterocycles. The highest BCUT2D eigenvalue weighted by Crippen LogP contribution is 2.37. The van der Waals surface area contributed by atoms with Crippen molar-refractivity contribution in [3.63, 3.8) is 0 Å². The molecule has 0 amide bonds. The minimum absolute atomic E-state index is 0.0661. The first kappa shape index (κ1) is 23.6. The summed E-state index contributed by atoms with van der Waals surface area (Å²) in [6.07, 6.45) is 7.23. The van der Waals surface area contributed by atoms with E-state index in [0.29, 0.717) is 0 Å². The van der Waals surface area contributed by atoms with E-state index in [0.717, 1.165) is 48.8 Å². The van der Waals surface area contributed by atoms with E-state index in [1.165, 1.54) is 16.8 Å². The molecule has 182 valence electrons. The highest BCUT2D eigenvalue weighted by molar-refractivity contribution is 6.06. The smallest absolute Gasteiger partial charge is 0.149 e. The zero-order valence-electron chi connectivity index (χ0n) is 20.9. The summed E-state index contributed by atoms with van der Waals surface area (Å²) in [7, 11) is 0. The van der Waals surface area contributed by atoms with E-state index in [9.17, 15) is 0 Å². The van der Waals surface area contributed by atoms with Gasteiger partial charge in [-0.15, -0.1) is 0 Å². The predicted molar refractivity (Wildman–Crippen MR) is 148 cm³/mol. The van der Waals surface area contributed by atoms with Gasteiger partial charge in [0.2, 0.25) is 0 Å². The van der Waals surface area contributed by atoms with Gasteiger partial charge in [0.05, 0.1) is 18.0 Å². The number of pyridine rings is 1. The highest BCUT2D eigenvalue weighted by Gasteiger charge is 2.31. The molecule has 0 N–H and O–H groups in total. The Labute approximate surface area is 213 Å². The summed E-state index contributed by atoms with van der Waals surface area (Å²) >= 11 is 0. The van der Waals surface area contributed by atoms with Crippen LogP contribution in [0.15, 0.2) is 112 Å². The number of hydrogen-bond acceptors (Lipinski definition) is 5. The normalized spacial score (nSPS) is 15.7. The fourth-order valence-electron chi connectivity index (χ4n) is 4.76. The summed E-state index contributed by atoms with van der Waals surface area (Å²) in [4.78, 5) is 7.00. The Bertz CT molecular complexity index is 1290. The van der Waals surface area contributed by atoms with Crippen molar-refractivity contribution < 1.29 is 4.42 Å². The number of hydrogen-bond donors (Lipinski definition) is 0. The summed E-state index contributed by atoms with van der Waals surface area (Å²) in [6.45, 7) is 6.37. The quantitative estimate of drug-likeness (QED) is 0.257. The van der Waals surface area contributed by atoms with Gasteiger partial charge in [0.15, 0.2) is 0 Å². The molecule has 1 atom stereocenters. The van der Waals surface area contributed by atoms with Crippen molar-refractivity contribution in [2.45, 2.75) is 32.7 Å². The monoisotopic (exact) mass is 476 g/mol. The lowest BCUT2D eigenvalue weighted by molar-refractivity contribution is 0.556. The van der Waals surface area contributed by atoms with Crippen LogP contribution in [0.25, 0.3) is 6.08 Å². The lowest BCUT2D eigenvalue weighted by Gasteiger charge is -2.25. The summed E-state index contributed by atoms with van der Waals surface area (Å²) in [5, 5.41) is 7.22. The van der Waals surface area contributed by atoms with Gasteiger partial charge in [0.25, 0.3) is 0 Å². The van der Waals surface area contributed by atoms with Crippen LogP contribution in [-0.4, -0.2) is 23.8 Å². The third-order valence-electron chi connectivity index (χ3n) is 6.67. The van der Waals surface area contributed by atoms with Gasteiger partial charge in [0, 0.05) is 31.4 Å². The average molecular weight is 477 g/mol. The molecule has 0 fully saturated rings. The molecule has 5 nitrogen and oxygen atoms in total. The summed E-state index contributed by atoms with van der Waals surface area (Å²) in [6, 6.07) is 29.4. The standard InChI is InChI=1S/C31H32N4O/c1-3-34(4-2)27-17-15-25(16-18-27)30-23-29(33-35(30)31-14-8-9-19-32-31)26(22-28-13-10-20-36-28)21-24-11-6-5-7-12-24/h5-20,22,30H,3-4,21,23H2,1-2H3. The van der Waals surface area contributed by atoms with Crippen LogP contribution in [0.1, 0.15) is 43.2 Å². The summed E-state index contributed by atoms with van der Waals surface area (Å²) < 4.78 is 5.68. The molecule has 2 aromatic carbocycles. The third-order valence-corrected chi connectivity index (χ3v) is 6.67. The molecular formula is C31H32N4O. The summed E-state index contributed by atoms with van der Waals surface area (Å²) in [5.41, 5.74) is 5.93. The maximum absolute atomic E-state index is 5.68. The van der Waals surface area contributed by atoms with E-state index >= 15 is 0 Å². The van der Waals surface area contributed by atoms with Crippen molar-refractivity contribution in [3.8, 4) is 0 Å². The van der Waals surface area contributed by atoms with Gasteiger partial charge < -0.3 is 9.32 Å². The number of hydrazone groups is 1. The third kappa shape index (κ3) is 5.25. The van der Waals surface area contributed by atoms with E-state index in [1.54, 1.807) is 6.26 Å². The van der Waals surface area contributed by atoms with Gasteiger partial charge in [-0.2, -0.15) is 5.10 Å². The molecule has 3 heterocycles. The first-order valence-corrected chi connectivity index (χ1v) is 12.7. The van der Waals surface area contributed by atoms with Crippen molar-refractivity contribution in [3.05, 3.63) is 120 Å². The zero-order chi connectivity index (χ0) is 24.7. The molecule has 5 heteroatoms. The molecule has 1 aliphatic heterocycles. The lowest BCUT2D eigenvalue weighted by atomic mass is 9.94. The van der Waals surface area contributed by atoms with Crippen LogP contribution in [0.4, 0.5) is 11.5 Å². The van der Waals surface area contributed by atoms with Gasteiger partial charge >= 0.3 is 0 Å². The van der Waals surface area contributed by atoms with Gasteiger partial charge in [-0.3, -0.25) is 0 Å². The number of rotatable bonds is 9. The van der Waals surface area contributed by atoms with Crippen LogP contribution in [0.3, 0.4) is 0 Å². The minimum Gasteiger partial charge on any atom is -0.465 e. The molecule has 1 unspecified atom stereocenters. The van der Waals surface area contributed by atoms with Crippen LogP contribution in [0.5, 0.6) is 0 Å². The topological polar surface area (TPSA) is 44.9 Å². The van der Waals surface area contributed by atoms with Gasteiger partial charge in [-0.25, -0.2) is 9.99 Å². The Hall–Kier alpha value is -4.12. The fourth-order valence-corrected chi connectivity index (χ4v) is 4.76. The molecule has 0 aliphatic carbocycles. The van der Waals surface area contributed by atoms with E-state index in [1.807, 2.05) is 42.6 Å². The van der Waals surface area contributed by atoms with Crippen LogP contribution in [0, 0.1) is 0 Å². The Balaban J connectivity index is 1.51. The van der Waals surface area contributed by atoms with Crippen LogP contribution < -0.4 is 9.91 Å². The van der Waals surface area contributed by atoms with Gasteiger partial charge in [-0.05, 0) is 79.4 Å². The number of nitrogens with zero attached hydrogens (tertiary/aromatic N) is 4. The molecule has 4 aromatic rings. The molecule has 0 bridgehead atoms. The largest absolute Gasteiger partial charge is 0.465 e. The fraction of sp³-hybridized carbons (Fsp3) is 0.226. The SMILES string of the molecule is CCN(CC)c1ccc(C2CC(C(=Cc3ccco3)Cc3ccccc3)=NN2c2ccccn2)cc1. The number of allylic oxidation sites excluding steroid dienone is 1. The van der Waals surface area contributed by atoms with Crippen LogP contribution >= 0.6 is 0 Å². The molecule has 0 spiro atoms. The zero-order valence-corrected chi connectivity index (χ0v) is 20.9. The number of aromatic nitrogens is 1. The molecular weight excluding hydrogens is 444 g/mol. The number of furan rings is 1. The van der Waals surface area contributed by atoms with Crippen molar-refractivity contribution in [1.29, 1.82) is 0 Å². The lowest BCUT2D eigenvalue weighted by Crippen LogP contribution is -2.22. The molecule has 1 aliphatic rings. The van der Waals surface area contributed by atoms with E-state index < -0.39 is 0 Å². The van der Waals surface area contributed by atoms with Crippen molar-refractivity contribution >= 4 is 23.3 Å². The first-order chi connectivity index (χ1) is 17.7. The van der Waals surface area contributed by atoms with Gasteiger partial charge in [-0.1, -0.05) is 48.5 Å². The highest BCUT2D eigenvalue weighted by atomic mass is 16.3. The second-order valence-corrected chi connectivity index (χ2v) is 8.91. The second kappa shape index (κ2) is 11.1.